The molecule has 1 atom stereocenters. The van der Waals surface area contributed by atoms with E-state index in [1.165, 1.54) is 0 Å². The largest absolute Gasteiger partial charge is 0.497 e. The van der Waals surface area contributed by atoms with E-state index >= 15 is 0 Å². The van der Waals surface area contributed by atoms with Crippen LogP contribution in [0.5, 0.6) is 5.75 Å². The van der Waals surface area contributed by atoms with Gasteiger partial charge in [0.05, 0.1) is 30.5 Å². The summed E-state index contributed by atoms with van der Waals surface area (Å²) < 4.78 is 7.47. The highest BCUT2D eigenvalue weighted by atomic mass is 35.5. The molecule has 11 heteroatoms. The number of aliphatic imine (C=N–C) groups is 1. The topological polar surface area (TPSA) is 131 Å². The lowest BCUT2D eigenvalue weighted by atomic mass is 9.96. The van der Waals surface area contributed by atoms with Crippen LogP contribution in [0.4, 0.5) is 0 Å². The number of carbonyl (C=O) groups is 2. The van der Waals surface area contributed by atoms with Gasteiger partial charge < -0.3 is 20.5 Å². The van der Waals surface area contributed by atoms with E-state index in [1.807, 2.05) is 54.0 Å². The van der Waals surface area contributed by atoms with Crippen molar-refractivity contribution in [3.8, 4) is 11.4 Å². The van der Waals surface area contributed by atoms with Crippen LogP contribution in [0.2, 0.25) is 5.02 Å². The number of carbonyl (C=O) groups excluding carboxylic acids is 2. The second-order valence-electron chi connectivity index (χ2n) is 11.5. The van der Waals surface area contributed by atoms with Crippen LogP contribution >= 0.6 is 11.6 Å². The van der Waals surface area contributed by atoms with Gasteiger partial charge in [-0.1, -0.05) is 35.9 Å². The van der Waals surface area contributed by atoms with E-state index in [0.717, 1.165) is 16.8 Å². The molecule has 45 heavy (non-hydrogen) atoms. The van der Waals surface area contributed by atoms with Gasteiger partial charge in [0, 0.05) is 34.8 Å². The number of aryl methyl sites for hydroxylation is 1. The van der Waals surface area contributed by atoms with E-state index in [-0.39, 0.29) is 18.2 Å². The number of amides is 2. The van der Waals surface area contributed by atoms with Crippen LogP contribution < -0.4 is 15.4 Å². The van der Waals surface area contributed by atoms with Gasteiger partial charge in [0.25, 0.3) is 5.91 Å². The summed E-state index contributed by atoms with van der Waals surface area (Å²) in [7, 11) is 1.62. The Kier molecular flexibility index (Phi) is 9.65. The van der Waals surface area contributed by atoms with Gasteiger partial charge in [-0.05, 0) is 81.6 Å². The molecular weight excluding hydrogens is 592 g/mol. The maximum absolute atomic E-state index is 13.2. The van der Waals surface area contributed by atoms with Crippen LogP contribution in [0.3, 0.4) is 0 Å². The Hall–Kier alpha value is -4.54. The lowest BCUT2D eigenvalue weighted by molar-refractivity contribution is -0.121. The molecule has 10 nitrogen and oxygen atoms in total. The number of nitrogens with zero attached hydrogens (tertiary/aromatic N) is 4. The minimum absolute atomic E-state index is 0.0780. The molecule has 1 aliphatic heterocycles. The summed E-state index contributed by atoms with van der Waals surface area (Å²) in [5, 5.41) is 25.5. The molecule has 0 fully saturated rings. The van der Waals surface area contributed by atoms with Crippen LogP contribution in [0, 0.1) is 6.92 Å². The molecule has 1 aromatic heterocycles. The third-order valence-corrected chi connectivity index (χ3v) is 7.92. The number of hydrogen-bond donors (Lipinski definition) is 3. The van der Waals surface area contributed by atoms with Crippen molar-refractivity contribution in [3.63, 3.8) is 0 Å². The molecule has 0 saturated heterocycles. The van der Waals surface area contributed by atoms with E-state index in [2.05, 4.69) is 20.8 Å². The van der Waals surface area contributed by atoms with Crippen molar-refractivity contribution >= 4 is 29.1 Å². The minimum atomic E-state index is -1.03. The Morgan fingerprint density at radius 1 is 1.00 bits per heavy atom. The summed E-state index contributed by atoms with van der Waals surface area (Å²) in [6, 6.07) is 19.6. The molecule has 0 saturated carbocycles. The fourth-order valence-corrected chi connectivity index (χ4v) is 5.37. The lowest BCUT2D eigenvalue weighted by Gasteiger charge is -2.18. The number of hydrogen-bond acceptors (Lipinski definition) is 7. The molecule has 0 bridgehead atoms. The maximum Gasteiger partial charge on any atom is 0.251 e. The van der Waals surface area contributed by atoms with Gasteiger partial charge >= 0.3 is 0 Å². The molecule has 3 aromatic carbocycles. The molecule has 234 valence electrons. The van der Waals surface area contributed by atoms with Gasteiger partial charge in [0.2, 0.25) is 5.91 Å². The van der Waals surface area contributed by atoms with Crippen LogP contribution in [-0.4, -0.2) is 57.6 Å². The van der Waals surface area contributed by atoms with Crippen LogP contribution in [0.1, 0.15) is 77.8 Å². The number of aromatic nitrogens is 3. The molecule has 0 unspecified atom stereocenters. The van der Waals surface area contributed by atoms with Crippen molar-refractivity contribution in [2.45, 2.75) is 51.7 Å². The third-order valence-electron chi connectivity index (χ3n) is 7.67. The van der Waals surface area contributed by atoms with E-state index < -0.39 is 11.6 Å². The average Bonchev–Trinajstić information content (AvgIpc) is 3.35. The quantitative estimate of drug-likeness (QED) is 0.199. The zero-order chi connectivity index (χ0) is 32.1. The van der Waals surface area contributed by atoms with Crippen molar-refractivity contribution < 1.29 is 19.4 Å². The second kappa shape index (κ2) is 13.6. The first-order valence-electron chi connectivity index (χ1n) is 14.9. The molecule has 4 aromatic rings. The Balaban J connectivity index is 1.24. The first-order chi connectivity index (χ1) is 21.5. The van der Waals surface area contributed by atoms with Gasteiger partial charge in [-0.15, -0.1) is 10.2 Å². The third kappa shape index (κ3) is 7.41. The molecular formula is C34H37ClN6O4. The zero-order valence-electron chi connectivity index (χ0n) is 25.8. The van der Waals surface area contributed by atoms with Gasteiger partial charge in [-0.3, -0.25) is 19.1 Å². The van der Waals surface area contributed by atoms with Crippen LogP contribution in [0.25, 0.3) is 5.69 Å². The maximum atomic E-state index is 13.2. The fraction of sp³-hybridized carbons (Fsp3) is 0.324. The number of fused-ring (bicyclic) bond motifs is 3. The molecule has 0 aliphatic carbocycles. The summed E-state index contributed by atoms with van der Waals surface area (Å²) in [4.78, 5) is 30.8. The monoisotopic (exact) mass is 628 g/mol. The van der Waals surface area contributed by atoms with E-state index in [1.54, 1.807) is 45.2 Å². The number of halogens is 1. The molecule has 5 rings (SSSR count). The number of rotatable bonds is 11. The standard InChI is InChI=1S/C34H37ClN6O4/c1-21-39-40-32-28(20-30(42)36-16-5-6-17-37-33(43)23-8-7-9-24(18-23)34(2,3)44)38-31(22-10-12-25(35)13-11-22)27-19-26(45-4)14-15-29(27)41(21)32/h7-15,18-19,28,44H,5-6,16-17,20H2,1-4H3,(H,36,42)(H,37,43)/t28-/m0/s1. The predicted octanol–water partition coefficient (Wildman–Crippen LogP) is 5.07. The summed E-state index contributed by atoms with van der Waals surface area (Å²) in [5.74, 6) is 1.57. The van der Waals surface area contributed by atoms with Crippen LogP contribution in [-0.2, 0) is 10.4 Å². The predicted molar refractivity (Wildman–Crippen MR) is 173 cm³/mol. The van der Waals surface area contributed by atoms with Gasteiger partial charge in [-0.2, -0.15) is 0 Å². The Morgan fingerprint density at radius 2 is 1.73 bits per heavy atom. The van der Waals surface area contributed by atoms with E-state index in [0.29, 0.717) is 65.2 Å². The van der Waals surface area contributed by atoms with Crippen molar-refractivity contribution in [3.05, 3.63) is 106 Å². The molecule has 1 aliphatic rings. The highest BCUT2D eigenvalue weighted by molar-refractivity contribution is 6.30. The summed E-state index contributed by atoms with van der Waals surface area (Å²) >= 11 is 6.18. The Morgan fingerprint density at radius 3 is 2.44 bits per heavy atom. The Labute approximate surface area is 267 Å². The Bertz CT molecular complexity index is 1730. The van der Waals surface area contributed by atoms with Crippen molar-refractivity contribution in [2.24, 2.45) is 4.99 Å². The normalized spacial score (nSPS) is 14.1. The van der Waals surface area contributed by atoms with Crippen LogP contribution in [0.15, 0.2) is 71.7 Å². The molecule has 2 amide bonds. The number of aliphatic hydroxyl groups is 1. The highest BCUT2D eigenvalue weighted by Gasteiger charge is 2.30. The van der Waals surface area contributed by atoms with Crippen molar-refractivity contribution in [1.29, 1.82) is 0 Å². The lowest BCUT2D eigenvalue weighted by Crippen LogP contribution is -2.28. The summed E-state index contributed by atoms with van der Waals surface area (Å²) in [6.45, 7) is 6.15. The van der Waals surface area contributed by atoms with Gasteiger partial charge in [-0.25, -0.2) is 0 Å². The number of methoxy groups -OCH3 is 1. The smallest absolute Gasteiger partial charge is 0.251 e. The van der Waals surface area contributed by atoms with Gasteiger partial charge in [0.15, 0.2) is 5.82 Å². The summed E-state index contributed by atoms with van der Waals surface area (Å²) in [5.41, 5.74) is 3.37. The first-order valence-corrected chi connectivity index (χ1v) is 15.2. The second-order valence-corrected chi connectivity index (χ2v) is 11.9. The number of benzene rings is 3. The summed E-state index contributed by atoms with van der Waals surface area (Å²) in [6.07, 6.45) is 1.44. The van der Waals surface area contributed by atoms with Crippen molar-refractivity contribution in [1.82, 2.24) is 25.4 Å². The van der Waals surface area contributed by atoms with Crippen molar-refractivity contribution in [2.75, 3.05) is 20.2 Å². The first kappa shape index (κ1) is 31.9. The van der Waals surface area contributed by atoms with E-state index in [4.69, 9.17) is 21.3 Å². The number of unbranched alkanes of at least 4 members (excludes halogenated alkanes) is 1. The van der Waals surface area contributed by atoms with Gasteiger partial charge in [0.1, 0.15) is 17.6 Å². The molecule has 2 heterocycles. The van der Waals surface area contributed by atoms with E-state index in [9.17, 15) is 14.7 Å². The number of ether oxygens (including phenoxy) is 1. The fourth-order valence-electron chi connectivity index (χ4n) is 5.25. The number of nitrogens with one attached hydrogen (secondary N) is 2. The SMILES string of the molecule is COc1ccc2c(c1)C(c1ccc(Cl)cc1)=N[C@@H](CC(=O)NCCCCNC(=O)c1cccc(C(C)(C)O)c1)c1nnc(C)n1-2. The highest BCUT2D eigenvalue weighted by Crippen LogP contribution is 2.34. The molecule has 0 spiro atoms. The molecule has 0 radical (unpaired) electrons. The molecule has 3 N–H and O–H groups in total. The zero-order valence-corrected chi connectivity index (χ0v) is 26.6. The minimum Gasteiger partial charge on any atom is -0.497 e. The average molecular weight is 629 g/mol.